The van der Waals surface area contributed by atoms with Crippen LogP contribution in [-0.4, -0.2) is 64.6 Å². The summed E-state index contributed by atoms with van der Waals surface area (Å²) >= 11 is 0. The number of hydrogen-bond donors (Lipinski definition) is 0. The Morgan fingerprint density at radius 2 is 1.53 bits per heavy atom. The van der Waals surface area contributed by atoms with Crippen LogP contribution >= 0.6 is 0 Å². The molecule has 8 nitrogen and oxygen atoms in total. The maximum Gasteiger partial charge on any atom is 0.260 e. The second kappa shape index (κ2) is 10.8. The number of ketones is 1. The average molecular weight is 480 g/mol. The van der Waals surface area contributed by atoms with E-state index < -0.39 is 0 Å². The maximum absolute atomic E-state index is 12.7. The smallest absolute Gasteiger partial charge is 0.260 e. The van der Waals surface area contributed by atoms with E-state index in [0.717, 1.165) is 17.1 Å². The van der Waals surface area contributed by atoms with Crippen LogP contribution in [0.25, 0.3) is 11.3 Å². The zero-order valence-electron chi connectivity index (χ0n) is 19.7. The first-order valence-corrected chi connectivity index (χ1v) is 11.8. The maximum atomic E-state index is 12.7. The fraction of sp³-hybridized carbons (Fsp3) is 0.179. The molecule has 5 rings (SSSR count). The number of carbonyl (C=O) groups is 2. The van der Waals surface area contributed by atoms with Crippen LogP contribution in [0.1, 0.15) is 15.9 Å². The summed E-state index contributed by atoms with van der Waals surface area (Å²) in [7, 11) is 0. The molecule has 1 saturated heterocycles. The highest BCUT2D eigenvalue weighted by Gasteiger charge is 2.22. The first-order valence-electron chi connectivity index (χ1n) is 11.8. The highest BCUT2D eigenvalue weighted by Crippen LogP contribution is 2.19. The number of rotatable bonds is 7. The van der Waals surface area contributed by atoms with E-state index in [1.54, 1.807) is 53.7 Å². The summed E-state index contributed by atoms with van der Waals surface area (Å²) < 4.78 is 5.68. The molecule has 0 unspecified atom stereocenters. The molecule has 0 radical (unpaired) electrons. The van der Waals surface area contributed by atoms with Crippen molar-refractivity contribution in [3.05, 3.63) is 102 Å². The van der Waals surface area contributed by atoms with Gasteiger partial charge in [-0.1, -0.05) is 30.3 Å². The van der Waals surface area contributed by atoms with E-state index in [2.05, 4.69) is 20.1 Å². The number of nitrogens with zero attached hydrogens (tertiary/aromatic N) is 5. The summed E-state index contributed by atoms with van der Waals surface area (Å²) in [5.74, 6) is 1.22. The number of aromatic nitrogens is 3. The number of ether oxygens (including phenoxy) is 1. The summed E-state index contributed by atoms with van der Waals surface area (Å²) in [6, 6.07) is 23.7. The highest BCUT2D eigenvalue weighted by atomic mass is 16.5. The third-order valence-electron chi connectivity index (χ3n) is 6.08. The minimum absolute atomic E-state index is 0.0486. The lowest BCUT2D eigenvalue weighted by Gasteiger charge is -2.35. The molecule has 2 aromatic carbocycles. The molecule has 0 atom stereocenters. The molecule has 3 heterocycles. The standard InChI is InChI=1S/C28H25N5O3/c34-27(20-36-24-10-8-22(9-11-24)28(35)21-5-2-1-3-6-21)33-17-15-32(16-18-33)26-13-12-25(30-31-26)23-7-4-14-29-19-23/h1-14,19H,15-18,20H2. The fourth-order valence-corrected chi connectivity index (χ4v) is 4.04. The van der Waals surface area contributed by atoms with Crippen LogP contribution in [0.3, 0.4) is 0 Å². The minimum atomic E-state index is -0.0721. The highest BCUT2D eigenvalue weighted by molar-refractivity contribution is 6.09. The Morgan fingerprint density at radius 1 is 0.778 bits per heavy atom. The lowest BCUT2D eigenvalue weighted by atomic mass is 10.0. The van der Waals surface area contributed by atoms with E-state index in [0.29, 0.717) is 43.1 Å². The van der Waals surface area contributed by atoms with E-state index in [1.165, 1.54) is 0 Å². The molecular formula is C28H25N5O3. The summed E-state index contributed by atoms with van der Waals surface area (Å²) in [4.78, 5) is 33.2. The molecule has 1 aliphatic heterocycles. The Bertz CT molecular complexity index is 1310. The topological polar surface area (TPSA) is 88.5 Å². The molecule has 0 N–H and O–H groups in total. The van der Waals surface area contributed by atoms with Crippen molar-refractivity contribution < 1.29 is 14.3 Å². The van der Waals surface area contributed by atoms with Crippen LogP contribution in [-0.2, 0) is 4.79 Å². The lowest BCUT2D eigenvalue weighted by molar-refractivity contribution is -0.133. The van der Waals surface area contributed by atoms with Gasteiger partial charge in [-0.15, -0.1) is 10.2 Å². The first-order chi connectivity index (χ1) is 17.7. The third-order valence-corrected chi connectivity index (χ3v) is 6.08. The van der Waals surface area contributed by atoms with Gasteiger partial charge in [-0.05, 0) is 48.5 Å². The van der Waals surface area contributed by atoms with E-state index in [4.69, 9.17) is 4.74 Å². The van der Waals surface area contributed by atoms with Gasteiger partial charge in [0.15, 0.2) is 18.2 Å². The largest absolute Gasteiger partial charge is 0.484 e. The van der Waals surface area contributed by atoms with Gasteiger partial charge in [0.1, 0.15) is 5.75 Å². The zero-order chi connectivity index (χ0) is 24.7. The molecule has 36 heavy (non-hydrogen) atoms. The molecule has 0 bridgehead atoms. The second-order valence-electron chi connectivity index (χ2n) is 8.39. The van der Waals surface area contributed by atoms with Crippen molar-refractivity contribution in [1.82, 2.24) is 20.1 Å². The number of anilines is 1. The quantitative estimate of drug-likeness (QED) is 0.375. The fourth-order valence-electron chi connectivity index (χ4n) is 4.04. The SMILES string of the molecule is O=C(c1ccccc1)c1ccc(OCC(=O)N2CCN(c3ccc(-c4cccnc4)nn3)CC2)cc1. The van der Waals surface area contributed by atoms with Crippen LogP contribution in [0.2, 0.25) is 0 Å². The molecule has 4 aromatic rings. The Labute approximate surface area is 209 Å². The Balaban J connectivity index is 1.10. The van der Waals surface area contributed by atoms with Gasteiger partial charge in [0.2, 0.25) is 0 Å². The number of piperazine rings is 1. The van der Waals surface area contributed by atoms with Crippen molar-refractivity contribution in [2.45, 2.75) is 0 Å². The number of pyridine rings is 1. The molecule has 8 heteroatoms. The Morgan fingerprint density at radius 3 is 2.19 bits per heavy atom. The monoisotopic (exact) mass is 479 g/mol. The molecular weight excluding hydrogens is 454 g/mol. The average Bonchev–Trinajstić information content (AvgIpc) is 2.97. The van der Waals surface area contributed by atoms with Gasteiger partial charge >= 0.3 is 0 Å². The Hall–Kier alpha value is -4.59. The van der Waals surface area contributed by atoms with Gasteiger partial charge < -0.3 is 14.5 Å². The van der Waals surface area contributed by atoms with Gasteiger partial charge in [0, 0.05) is 55.3 Å². The van der Waals surface area contributed by atoms with E-state index in [-0.39, 0.29) is 18.3 Å². The molecule has 2 aromatic heterocycles. The van der Waals surface area contributed by atoms with Gasteiger partial charge in [0.05, 0.1) is 5.69 Å². The van der Waals surface area contributed by atoms with Gasteiger partial charge in [-0.2, -0.15) is 0 Å². The number of benzene rings is 2. The summed E-state index contributed by atoms with van der Waals surface area (Å²) in [6.45, 7) is 2.45. The molecule has 1 fully saturated rings. The molecule has 1 aliphatic rings. The molecule has 1 amide bonds. The predicted molar refractivity (Wildman–Crippen MR) is 136 cm³/mol. The van der Waals surface area contributed by atoms with Crippen LogP contribution < -0.4 is 9.64 Å². The molecule has 180 valence electrons. The number of carbonyl (C=O) groups excluding carboxylic acids is 2. The number of amides is 1. The molecule has 0 spiro atoms. The Kier molecular flexibility index (Phi) is 6.93. The summed E-state index contributed by atoms with van der Waals surface area (Å²) in [5, 5.41) is 8.68. The van der Waals surface area contributed by atoms with E-state index >= 15 is 0 Å². The van der Waals surface area contributed by atoms with Crippen molar-refractivity contribution in [2.24, 2.45) is 0 Å². The van der Waals surface area contributed by atoms with Crippen LogP contribution in [0.4, 0.5) is 5.82 Å². The summed E-state index contributed by atoms with van der Waals surface area (Å²) in [5.41, 5.74) is 2.91. The van der Waals surface area contributed by atoms with Crippen molar-refractivity contribution >= 4 is 17.5 Å². The van der Waals surface area contributed by atoms with Crippen molar-refractivity contribution in [1.29, 1.82) is 0 Å². The molecule has 0 aliphatic carbocycles. The van der Waals surface area contributed by atoms with Gasteiger partial charge in [-0.25, -0.2) is 0 Å². The van der Waals surface area contributed by atoms with E-state index in [9.17, 15) is 9.59 Å². The normalized spacial score (nSPS) is 13.3. The van der Waals surface area contributed by atoms with Crippen LogP contribution in [0.15, 0.2) is 91.3 Å². The van der Waals surface area contributed by atoms with Crippen LogP contribution in [0.5, 0.6) is 5.75 Å². The predicted octanol–water partition coefficient (Wildman–Crippen LogP) is 3.50. The summed E-state index contributed by atoms with van der Waals surface area (Å²) in [6.07, 6.45) is 3.48. The van der Waals surface area contributed by atoms with E-state index in [1.807, 2.05) is 42.5 Å². The van der Waals surface area contributed by atoms with Crippen LogP contribution in [0, 0.1) is 0 Å². The van der Waals surface area contributed by atoms with Crippen molar-refractivity contribution in [3.63, 3.8) is 0 Å². The minimum Gasteiger partial charge on any atom is -0.484 e. The van der Waals surface area contributed by atoms with Gasteiger partial charge in [0.25, 0.3) is 5.91 Å². The second-order valence-corrected chi connectivity index (χ2v) is 8.39. The van der Waals surface area contributed by atoms with Gasteiger partial charge in [-0.3, -0.25) is 14.6 Å². The molecule has 0 saturated carbocycles. The number of hydrogen-bond acceptors (Lipinski definition) is 7. The first kappa shape index (κ1) is 23.2. The van der Waals surface area contributed by atoms with Crippen molar-refractivity contribution in [3.8, 4) is 17.0 Å². The lowest BCUT2D eigenvalue weighted by Crippen LogP contribution is -2.50. The third kappa shape index (κ3) is 5.38. The zero-order valence-corrected chi connectivity index (χ0v) is 19.7. The van der Waals surface area contributed by atoms with Crippen molar-refractivity contribution in [2.75, 3.05) is 37.7 Å².